The molecule has 0 amide bonds. The normalized spacial score (nSPS) is 10.7. The van der Waals surface area contributed by atoms with E-state index in [2.05, 4.69) is 4.98 Å². The predicted octanol–water partition coefficient (Wildman–Crippen LogP) is 2.86. The highest BCUT2D eigenvalue weighted by Crippen LogP contribution is 2.33. The van der Waals surface area contributed by atoms with Crippen molar-refractivity contribution >= 4 is 32.9 Å². The molecule has 0 bridgehead atoms. The Morgan fingerprint density at radius 3 is 3.07 bits per heavy atom. The highest BCUT2D eigenvalue weighted by Gasteiger charge is 2.14. The van der Waals surface area contributed by atoms with E-state index in [1.54, 1.807) is 12.4 Å². The Morgan fingerprint density at radius 2 is 2.40 bits per heavy atom. The van der Waals surface area contributed by atoms with Gasteiger partial charge in [0.15, 0.2) is 5.78 Å². The van der Waals surface area contributed by atoms with Crippen LogP contribution in [0.2, 0.25) is 0 Å². The quantitative estimate of drug-likeness (QED) is 0.809. The second-order valence-corrected chi connectivity index (χ2v) is 4.44. The zero-order valence-electron chi connectivity index (χ0n) is 8.49. The summed E-state index contributed by atoms with van der Waals surface area (Å²) in [6, 6.07) is 1.85. The fourth-order valence-electron chi connectivity index (χ4n) is 1.52. The highest BCUT2D eigenvalue weighted by molar-refractivity contribution is 7.21. The molecule has 0 aliphatic rings. The van der Waals surface area contributed by atoms with Crippen molar-refractivity contribution in [3.63, 3.8) is 0 Å². The number of carbonyl (C=O) groups excluding carboxylic acids is 1. The number of nitrogens with zero attached hydrogens (tertiary/aromatic N) is 1. The number of hydrogen-bond acceptors (Lipinski definition) is 4. The number of pyridine rings is 1. The molecule has 0 saturated carbocycles. The smallest absolute Gasteiger partial charge is 0.174 e. The minimum absolute atomic E-state index is 0.135. The molecule has 0 aliphatic heterocycles. The van der Waals surface area contributed by atoms with Gasteiger partial charge in [-0.2, -0.15) is 0 Å². The van der Waals surface area contributed by atoms with Crippen LogP contribution in [0.5, 0.6) is 0 Å². The molecule has 2 heterocycles. The molecule has 15 heavy (non-hydrogen) atoms. The van der Waals surface area contributed by atoms with Gasteiger partial charge in [-0.05, 0) is 12.5 Å². The van der Waals surface area contributed by atoms with Crippen molar-refractivity contribution in [2.75, 3.05) is 5.73 Å². The number of ketones is 1. The maximum absolute atomic E-state index is 11.7. The van der Waals surface area contributed by atoms with Crippen molar-refractivity contribution in [3.8, 4) is 0 Å². The molecule has 0 atom stereocenters. The van der Waals surface area contributed by atoms with Crippen LogP contribution in [-0.2, 0) is 0 Å². The van der Waals surface area contributed by atoms with Gasteiger partial charge in [-0.1, -0.05) is 6.92 Å². The van der Waals surface area contributed by atoms with Crippen LogP contribution in [0, 0.1) is 0 Å². The lowest BCUT2D eigenvalue weighted by atomic mass is 10.1. The summed E-state index contributed by atoms with van der Waals surface area (Å²) in [4.78, 5) is 16.4. The zero-order chi connectivity index (χ0) is 10.8. The van der Waals surface area contributed by atoms with E-state index in [0.717, 1.165) is 16.5 Å². The van der Waals surface area contributed by atoms with Gasteiger partial charge in [-0.25, -0.2) is 0 Å². The van der Waals surface area contributed by atoms with Crippen molar-refractivity contribution in [1.82, 2.24) is 4.98 Å². The van der Waals surface area contributed by atoms with E-state index >= 15 is 0 Å². The molecular weight excluding hydrogens is 208 g/mol. The molecule has 0 aromatic carbocycles. The van der Waals surface area contributed by atoms with E-state index in [-0.39, 0.29) is 5.78 Å². The number of rotatable bonds is 3. The average Bonchev–Trinajstić information content (AvgIpc) is 2.57. The van der Waals surface area contributed by atoms with Crippen molar-refractivity contribution in [3.05, 3.63) is 23.3 Å². The van der Waals surface area contributed by atoms with Crippen molar-refractivity contribution in [2.24, 2.45) is 0 Å². The van der Waals surface area contributed by atoms with Crippen LogP contribution < -0.4 is 5.73 Å². The summed E-state index contributed by atoms with van der Waals surface area (Å²) in [6.45, 7) is 1.99. The maximum atomic E-state index is 11.7. The summed E-state index contributed by atoms with van der Waals surface area (Å²) in [7, 11) is 0. The molecule has 0 saturated heterocycles. The third-order valence-corrected chi connectivity index (χ3v) is 3.46. The fourth-order valence-corrected chi connectivity index (χ4v) is 2.58. The van der Waals surface area contributed by atoms with Crippen LogP contribution in [0.15, 0.2) is 18.5 Å². The Kier molecular flexibility index (Phi) is 2.68. The minimum Gasteiger partial charge on any atom is -0.397 e. The second kappa shape index (κ2) is 3.98. The molecule has 2 N–H and O–H groups in total. The standard InChI is InChI=1S/C11H12N2OS/c1-2-3-8(14)11-10(12)7-4-5-13-6-9(7)15-11/h4-6H,2-3,12H2,1H3. The molecule has 2 aromatic heterocycles. The monoisotopic (exact) mass is 220 g/mol. The number of anilines is 1. The lowest BCUT2D eigenvalue weighted by Gasteiger charge is -1.96. The first-order valence-corrected chi connectivity index (χ1v) is 5.71. The van der Waals surface area contributed by atoms with Gasteiger partial charge in [0.2, 0.25) is 0 Å². The molecule has 3 nitrogen and oxygen atoms in total. The Hall–Kier alpha value is -1.42. The van der Waals surface area contributed by atoms with Crippen molar-refractivity contribution in [2.45, 2.75) is 19.8 Å². The fraction of sp³-hybridized carbons (Fsp3) is 0.273. The largest absolute Gasteiger partial charge is 0.397 e. The van der Waals surface area contributed by atoms with Crippen LogP contribution in [0.1, 0.15) is 29.4 Å². The van der Waals surface area contributed by atoms with Gasteiger partial charge in [0.1, 0.15) is 0 Å². The van der Waals surface area contributed by atoms with E-state index in [1.807, 2.05) is 13.0 Å². The van der Waals surface area contributed by atoms with Gasteiger partial charge in [0, 0.05) is 24.2 Å². The van der Waals surface area contributed by atoms with Crippen molar-refractivity contribution < 1.29 is 4.79 Å². The van der Waals surface area contributed by atoms with E-state index in [9.17, 15) is 4.79 Å². The van der Waals surface area contributed by atoms with E-state index < -0.39 is 0 Å². The summed E-state index contributed by atoms with van der Waals surface area (Å²) in [6.07, 6.45) is 4.85. The molecule has 0 radical (unpaired) electrons. The lowest BCUT2D eigenvalue weighted by molar-refractivity contribution is 0.0986. The van der Waals surface area contributed by atoms with Gasteiger partial charge >= 0.3 is 0 Å². The number of hydrogen-bond donors (Lipinski definition) is 1. The topological polar surface area (TPSA) is 56.0 Å². The molecular formula is C11H12N2OS. The van der Waals surface area contributed by atoms with Crippen LogP contribution in [-0.4, -0.2) is 10.8 Å². The first-order valence-electron chi connectivity index (χ1n) is 4.89. The molecule has 2 rings (SSSR count). The predicted molar refractivity (Wildman–Crippen MR) is 63.3 cm³/mol. The Morgan fingerprint density at radius 1 is 1.60 bits per heavy atom. The number of thiophene rings is 1. The third-order valence-electron chi connectivity index (χ3n) is 2.26. The molecule has 0 unspecified atom stereocenters. The highest BCUT2D eigenvalue weighted by atomic mass is 32.1. The summed E-state index contributed by atoms with van der Waals surface area (Å²) in [5.74, 6) is 0.135. The number of nitrogen functional groups attached to an aromatic ring is 1. The Balaban J connectivity index is 2.53. The third kappa shape index (κ3) is 1.72. The number of aromatic nitrogens is 1. The van der Waals surface area contributed by atoms with E-state index in [1.165, 1.54) is 11.3 Å². The second-order valence-electron chi connectivity index (χ2n) is 3.39. The first-order chi connectivity index (χ1) is 7.24. The van der Waals surface area contributed by atoms with Crippen LogP contribution >= 0.6 is 11.3 Å². The molecule has 2 aromatic rings. The maximum Gasteiger partial charge on any atom is 0.174 e. The van der Waals surface area contributed by atoms with Crippen molar-refractivity contribution in [1.29, 1.82) is 0 Å². The molecule has 0 spiro atoms. The van der Waals surface area contributed by atoms with Gasteiger partial charge in [0.05, 0.1) is 15.3 Å². The van der Waals surface area contributed by atoms with Crippen LogP contribution in [0.4, 0.5) is 5.69 Å². The Labute approximate surface area is 91.9 Å². The molecule has 0 aliphatic carbocycles. The summed E-state index contributed by atoms with van der Waals surface area (Å²) in [5, 5.41) is 0.939. The summed E-state index contributed by atoms with van der Waals surface area (Å²) >= 11 is 1.43. The van der Waals surface area contributed by atoms with Gasteiger partial charge in [0.25, 0.3) is 0 Å². The average molecular weight is 220 g/mol. The molecule has 78 valence electrons. The van der Waals surface area contributed by atoms with Crippen LogP contribution in [0.3, 0.4) is 0 Å². The minimum atomic E-state index is 0.135. The Bertz CT molecular complexity index is 504. The number of carbonyl (C=O) groups is 1. The van der Waals surface area contributed by atoms with Gasteiger partial charge in [-0.15, -0.1) is 11.3 Å². The number of fused-ring (bicyclic) bond motifs is 1. The molecule has 0 fully saturated rings. The number of Topliss-reactive ketones (excluding diaryl/α,β-unsaturated/α-hetero) is 1. The van der Waals surface area contributed by atoms with E-state index in [0.29, 0.717) is 17.0 Å². The molecule has 4 heteroatoms. The SMILES string of the molecule is CCCC(=O)c1sc2cnccc2c1N. The number of nitrogens with two attached hydrogens (primary N) is 1. The zero-order valence-corrected chi connectivity index (χ0v) is 9.30. The van der Waals surface area contributed by atoms with Gasteiger partial charge < -0.3 is 5.73 Å². The summed E-state index contributed by atoms with van der Waals surface area (Å²) in [5.41, 5.74) is 6.54. The van der Waals surface area contributed by atoms with E-state index in [4.69, 9.17) is 5.73 Å². The lowest BCUT2D eigenvalue weighted by Crippen LogP contribution is -1.98. The van der Waals surface area contributed by atoms with Gasteiger partial charge in [-0.3, -0.25) is 9.78 Å². The first kappa shape index (κ1) is 10.1. The van der Waals surface area contributed by atoms with Crippen LogP contribution in [0.25, 0.3) is 10.1 Å². The summed E-state index contributed by atoms with van der Waals surface area (Å²) < 4.78 is 0.981.